The molecular weight excluding hydrogens is 337 g/mol. The number of hydrogen-bond donors (Lipinski definition) is 1. The number of hydrogen-bond acceptors (Lipinski definition) is 3. The van der Waals surface area contributed by atoms with Crippen LogP contribution in [-0.2, 0) is 4.74 Å². The van der Waals surface area contributed by atoms with E-state index in [0.29, 0.717) is 6.07 Å². The van der Waals surface area contributed by atoms with Gasteiger partial charge in [0, 0.05) is 13.6 Å². The molecule has 0 spiro atoms. The molecule has 0 radical (unpaired) electrons. The minimum Gasteiger partial charge on any atom is -0.444 e. The van der Waals surface area contributed by atoms with Crippen LogP contribution in [0.25, 0.3) is 0 Å². The summed E-state index contributed by atoms with van der Waals surface area (Å²) in [7, 11) is 1.36. The monoisotopic (exact) mass is 360 g/mol. The Hall–Kier alpha value is -2.25. The highest BCUT2D eigenvalue weighted by molar-refractivity contribution is 5.94. The summed E-state index contributed by atoms with van der Waals surface area (Å²) in [5, 5.41) is 2.60. The van der Waals surface area contributed by atoms with Gasteiger partial charge in [-0.25, -0.2) is 18.0 Å². The van der Waals surface area contributed by atoms with Crippen LogP contribution in [0.4, 0.5) is 18.0 Å². The molecular formula is C17H23F3N2O3. The fraction of sp³-hybridized carbons (Fsp3) is 0.529. The fourth-order valence-corrected chi connectivity index (χ4v) is 2.18. The van der Waals surface area contributed by atoms with Gasteiger partial charge >= 0.3 is 6.09 Å². The summed E-state index contributed by atoms with van der Waals surface area (Å²) in [4.78, 5) is 25.2. The minimum atomic E-state index is -1.70. The number of likely N-dealkylation sites (N-methyl/N-ethyl adjacent to an activating group) is 1. The molecule has 0 saturated heterocycles. The average Bonchev–Trinajstić information content (AvgIpc) is 2.40. The van der Waals surface area contributed by atoms with Gasteiger partial charge in [0.15, 0.2) is 17.5 Å². The fourth-order valence-electron chi connectivity index (χ4n) is 2.18. The van der Waals surface area contributed by atoms with Crippen molar-refractivity contribution >= 4 is 12.0 Å². The number of ether oxygens (including phenoxy) is 1. The molecule has 1 aromatic rings. The van der Waals surface area contributed by atoms with Crippen LogP contribution in [-0.4, -0.2) is 41.6 Å². The number of benzene rings is 1. The topological polar surface area (TPSA) is 58.6 Å². The van der Waals surface area contributed by atoms with E-state index in [-0.39, 0.29) is 6.54 Å². The quantitative estimate of drug-likeness (QED) is 0.837. The number of alkyl carbamates (subject to hydrolysis) is 1. The molecule has 2 amide bonds. The van der Waals surface area contributed by atoms with Crippen molar-refractivity contribution in [1.82, 2.24) is 10.2 Å². The zero-order valence-corrected chi connectivity index (χ0v) is 15.2. The van der Waals surface area contributed by atoms with Gasteiger partial charge in [-0.3, -0.25) is 4.79 Å². The maximum atomic E-state index is 13.7. The smallest absolute Gasteiger partial charge is 0.408 e. The SMILES string of the molecule is CN(CC(C)(C)NC(=O)OC(C)(C)C)C(=O)c1ccc(F)c(F)c1F. The molecule has 0 heterocycles. The molecule has 8 heteroatoms. The lowest BCUT2D eigenvalue weighted by molar-refractivity contribution is 0.0441. The van der Waals surface area contributed by atoms with E-state index in [0.717, 1.165) is 11.0 Å². The van der Waals surface area contributed by atoms with Crippen molar-refractivity contribution < 1.29 is 27.5 Å². The molecule has 0 aliphatic heterocycles. The van der Waals surface area contributed by atoms with E-state index >= 15 is 0 Å². The Kier molecular flexibility index (Phi) is 6.09. The maximum absolute atomic E-state index is 13.7. The van der Waals surface area contributed by atoms with E-state index in [1.165, 1.54) is 7.05 Å². The lowest BCUT2D eigenvalue weighted by Crippen LogP contribution is -2.53. The number of carbonyl (C=O) groups excluding carboxylic acids is 2. The Bertz CT molecular complexity index is 670. The van der Waals surface area contributed by atoms with E-state index in [9.17, 15) is 22.8 Å². The summed E-state index contributed by atoms with van der Waals surface area (Å²) >= 11 is 0. The molecule has 140 valence electrons. The van der Waals surface area contributed by atoms with Gasteiger partial charge in [0.1, 0.15) is 5.60 Å². The van der Waals surface area contributed by atoms with Crippen molar-refractivity contribution in [3.63, 3.8) is 0 Å². The second-order valence-electron chi connectivity index (χ2n) is 7.39. The van der Waals surface area contributed by atoms with Gasteiger partial charge < -0.3 is 15.0 Å². The summed E-state index contributed by atoms with van der Waals surface area (Å²) < 4.78 is 45.2. The number of rotatable bonds is 4. The molecule has 0 bridgehead atoms. The van der Waals surface area contributed by atoms with Crippen molar-refractivity contribution in [2.75, 3.05) is 13.6 Å². The molecule has 0 atom stereocenters. The standard InChI is InChI=1S/C17H23F3N2O3/c1-16(2,3)25-15(24)21-17(4,5)9-22(6)14(23)10-7-8-11(18)13(20)12(10)19/h7-8H,9H2,1-6H3,(H,21,24). The van der Waals surface area contributed by atoms with E-state index in [4.69, 9.17) is 4.74 Å². The first-order valence-electron chi connectivity index (χ1n) is 7.63. The zero-order chi connectivity index (χ0) is 19.6. The van der Waals surface area contributed by atoms with Crippen LogP contribution in [0.5, 0.6) is 0 Å². The van der Waals surface area contributed by atoms with Gasteiger partial charge in [-0.2, -0.15) is 0 Å². The van der Waals surface area contributed by atoms with Crippen LogP contribution in [0.15, 0.2) is 12.1 Å². The van der Waals surface area contributed by atoms with Gasteiger partial charge in [-0.15, -0.1) is 0 Å². The predicted molar refractivity (Wildman–Crippen MR) is 86.7 cm³/mol. The zero-order valence-electron chi connectivity index (χ0n) is 15.2. The lowest BCUT2D eigenvalue weighted by Gasteiger charge is -2.32. The highest BCUT2D eigenvalue weighted by Gasteiger charge is 2.29. The van der Waals surface area contributed by atoms with Gasteiger partial charge in [-0.1, -0.05) is 0 Å². The second-order valence-corrected chi connectivity index (χ2v) is 7.39. The van der Waals surface area contributed by atoms with Crippen LogP contribution in [0.2, 0.25) is 0 Å². The van der Waals surface area contributed by atoms with Crippen molar-refractivity contribution in [1.29, 1.82) is 0 Å². The number of halogens is 3. The lowest BCUT2D eigenvalue weighted by atomic mass is 10.0. The number of nitrogens with one attached hydrogen (secondary N) is 1. The van der Waals surface area contributed by atoms with Crippen LogP contribution in [0.3, 0.4) is 0 Å². The molecule has 1 N–H and O–H groups in total. The molecule has 5 nitrogen and oxygen atoms in total. The number of nitrogens with zero attached hydrogens (tertiary/aromatic N) is 1. The molecule has 1 rings (SSSR count). The van der Waals surface area contributed by atoms with E-state index in [2.05, 4.69) is 5.32 Å². The van der Waals surface area contributed by atoms with Crippen molar-refractivity contribution in [3.8, 4) is 0 Å². The first-order chi connectivity index (χ1) is 11.2. The maximum Gasteiger partial charge on any atom is 0.408 e. The third kappa shape index (κ3) is 5.95. The third-order valence-corrected chi connectivity index (χ3v) is 3.08. The molecule has 0 aliphatic rings. The highest BCUT2D eigenvalue weighted by atomic mass is 19.2. The van der Waals surface area contributed by atoms with Gasteiger partial charge in [0.25, 0.3) is 5.91 Å². The average molecular weight is 360 g/mol. The van der Waals surface area contributed by atoms with E-state index < -0.39 is 46.2 Å². The largest absolute Gasteiger partial charge is 0.444 e. The highest BCUT2D eigenvalue weighted by Crippen LogP contribution is 2.18. The van der Waals surface area contributed by atoms with Gasteiger partial charge in [0.05, 0.1) is 11.1 Å². The molecule has 25 heavy (non-hydrogen) atoms. The molecule has 0 aliphatic carbocycles. The number of carbonyl (C=O) groups is 2. The number of amides is 2. The minimum absolute atomic E-state index is 0.0104. The predicted octanol–water partition coefficient (Wildman–Crippen LogP) is 3.48. The summed E-state index contributed by atoms with van der Waals surface area (Å²) in [6.45, 7) is 8.40. The Morgan fingerprint density at radius 3 is 2.16 bits per heavy atom. The van der Waals surface area contributed by atoms with Gasteiger partial charge in [-0.05, 0) is 46.8 Å². The summed E-state index contributed by atoms with van der Waals surface area (Å²) in [5.41, 5.74) is -2.17. The molecule has 0 fully saturated rings. The van der Waals surface area contributed by atoms with Crippen LogP contribution < -0.4 is 5.32 Å². The summed E-state index contributed by atoms with van der Waals surface area (Å²) in [6, 6.07) is 1.56. The van der Waals surface area contributed by atoms with Crippen molar-refractivity contribution in [2.45, 2.75) is 45.8 Å². The Morgan fingerprint density at radius 2 is 1.64 bits per heavy atom. The van der Waals surface area contributed by atoms with Crippen molar-refractivity contribution in [2.24, 2.45) is 0 Å². The van der Waals surface area contributed by atoms with Crippen molar-refractivity contribution in [3.05, 3.63) is 35.1 Å². The molecule has 1 aromatic carbocycles. The van der Waals surface area contributed by atoms with E-state index in [1.54, 1.807) is 34.6 Å². The molecule has 0 aromatic heterocycles. The first kappa shape index (κ1) is 20.8. The van der Waals surface area contributed by atoms with Gasteiger partial charge in [0.2, 0.25) is 0 Å². The molecule has 0 saturated carbocycles. The normalized spacial score (nSPS) is 11.9. The van der Waals surface area contributed by atoms with Crippen LogP contribution in [0, 0.1) is 17.5 Å². The summed E-state index contributed by atoms with van der Waals surface area (Å²) in [5.74, 6) is -5.46. The Morgan fingerprint density at radius 1 is 1.08 bits per heavy atom. The van der Waals surface area contributed by atoms with Crippen LogP contribution >= 0.6 is 0 Å². The Labute approximate surface area is 145 Å². The third-order valence-electron chi connectivity index (χ3n) is 3.08. The van der Waals surface area contributed by atoms with E-state index in [1.807, 2.05) is 0 Å². The second kappa shape index (κ2) is 7.33. The summed E-state index contributed by atoms with van der Waals surface area (Å²) in [6.07, 6.45) is -0.669. The molecule has 0 unspecified atom stereocenters. The Balaban J connectivity index is 2.83. The first-order valence-corrected chi connectivity index (χ1v) is 7.63. The van der Waals surface area contributed by atoms with Crippen LogP contribution in [0.1, 0.15) is 45.0 Å².